The van der Waals surface area contributed by atoms with Crippen molar-refractivity contribution >= 4 is 16.9 Å². The fourth-order valence-electron chi connectivity index (χ4n) is 4.40. The molecule has 4 aromatic rings. The van der Waals surface area contributed by atoms with Crippen LogP contribution in [0.25, 0.3) is 11.0 Å². The smallest absolute Gasteiger partial charge is 0.291 e. The summed E-state index contributed by atoms with van der Waals surface area (Å²) in [6.45, 7) is 2.28. The predicted octanol–water partition coefficient (Wildman–Crippen LogP) is 4.79. The molecule has 7 nitrogen and oxygen atoms in total. The first-order chi connectivity index (χ1) is 16.9. The van der Waals surface area contributed by atoms with Crippen molar-refractivity contribution in [2.24, 2.45) is 0 Å². The summed E-state index contributed by atoms with van der Waals surface area (Å²) in [5.41, 5.74) is 1.13. The number of carbonyl (C=O) groups excluding carboxylic acids is 1. The fourth-order valence-corrected chi connectivity index (χ4v) is 4.40. The molecule has 0 saturated heterocycles. The normalized spacial score (nSPS) is 14.9. The van der Waals surface area contributed by atoms with Crippen LogP contribution in [0.2, 0.25) is 0 Å². The SMILES string of the molecule is CCOc1cc([C@@H]2c3c(oc4ccc(F)cc4c3=O)C(=O)N2Cc2ccc(OC)cc2)ccc1O. The first-order valence-corrected chi connectivity index (χ1v) is 11.1. The van der Waals surface area contributed by atoms with Crippen LogP contribution in [0.3, 0.4) is 0 Å². The van der Waals surface area contributed by atoms with Crippen LogP contribution in [0, 0.1) is 5.82 Å². The maximum Gasteiger partial charge on any atom is 0.291 e. The van der Waals surface area contributed by atoms with Crippen molar-refractivity contribution in [1.29, 1.82) is 0 Å². The summed E-state index contributed by atoms with van der Waals surface area (Å²) in [6.07, 6.45) is 0. The third kappa shape index (κ3) is 3.86. The number of phenols is 1. The molecular weight excluding hydrogens is 453 g/mol. The molecule has 1 aromatic heterocycles. The maximum atomic E-state index is 14.0. The van der Waals surface area contributed by atoms with E-state index < -0.39 is 23.2 Å². The van der Waals surface area contributed by atoms with Gasteiger partial charge in [0.2, 0.25) is 5.76 Å². The van der Waals surface area contributed by atoms with Gasteiger partial charge in [0.25, 0.3) is 5.91 Å². The predicted molar refractivity (Wildman–Crippen MR) is 126 cm³/mol. The lowest BCUT2D eigenvalue weighted by Gasteiger charge is -2.26. The second kappa shape index (κ2) is 8.79. The average molecular weight is 475 g/mol. The number of methoxy groups -OCH3 is 1. The Hall–Kier alpha value is -4.33. The molecule has 2 heterocycles. The van der Waals surface area contributed by atoms with E-state index in [0.29, 0.717) is 17.9 Å². The first kappa shape index (κ1) is 22.5. The Balaban J connectivity index is 1.70. The summed E-state index contributed by atoms with van der Waals surface area (Å²) >= 11 is 0. The van der Waals surface area contributed by atoms with Crippen LogP contribution in [-0.2, 0) is 6.54 Å². The molecule has 0 aliphatic carbocycles. The maximum absolute atomic E-state index is 14.0. The van der Waals surface area contributed by atoms with Gasteiger partial charge in [0.1, 0.15) is 17.1 Å². The summed E-state index contributed by atoms with van der Waals surface area (Å²) in [6, 6.07) is 14.7. The molecule has 1 aliphatic heterocycles. The monoisotopic (exact) mass is 475 g/mol. The van der Waals surface area contributed by atoms with Crippen molar-refractivity contribution in [2.75, 3.05) is 13.7 Å². The van der Waals surface area contributed by atoms with E-state index in [1.54, 1.807) is 38.3 Å². The molecule has 1 N–H and O–H groups in total. The van der Waals surface area contributed by atoms with Crippen LogP contribution in [0.4, 0.5) is 4.39 Å². The van der Waals surface area contributed by atoms with Crippen molar-refractivity contribution in [3.63, 3.8) is 0 Å². The summed E-state index contributed by atoms with van der Waals surface area (Å²) in [5.74, 6) is -0.287. The molecule has 5 rings (SSSR count). The molecule has 1 amide bonds. The Bertz CT molecular complexity index is 1490. The molecule has 0 spiro atoms. The summed E-state index contributed by atoms with van der Waals surface area (Å²) in [4.78, 5) is 28.6. The number of carbonyl (C=O) groups is 1. The van der Waals surface area contributed by atoms with Crippen LogP contribution in [0.1, 0.15) is 40.2 Å². The van der Waals surface area contributed by atoms with Gasteiger partial charge in [-0.3, -0.25) is 9.59 Å². The van der Waals surface area contributed by atoms with Gasteiger partial charge in [-0.05, 0) is 60.5 Å². The number of ether oxygens (including phenoxy) is 2. The van der Waals surface area contributed by atoms with E-state index >= 15 is 0 Å². The molecule has 8 heteroatoms. The number of phenolic OH excluding ortho intramolecular Hbond substituents is 1. The number of hydrogen-bond acceptors (Lipinski definition) is 6. The fraction of sp³-hybridized carbons (Fsp3) is 0.185. The summed E-state index contributed by atoms with van der Waals surface area (Å²) in [7, 11) is 1.57. The number of hydrogen-bond donors (Lipinski definition) is 1. The van der Waals surface area contributed by atoms with E-state index in [0.717, 1.165) is 11.6 Å². The lowest BCUT2D eigenvalue weighted by molar-refractivity contribution is 0.0714. The number of amides is 1. The minimum Gasteiger partial charge on any atom is -0.504 e. The first-order valence-electron chi connectivity index (χ1n) is 11.1. The average Bonchev–Trinajstić information content (AvgIpc) is 3.13. The van der Waals surface area contributed by atoms with Gasteiger partial charge in [-0.1, -0.05) is 18.2 Å². The van der Waals surface area contributed by atoms with Gasteiger partial charge in [-0.25, -0.2) is 4.39 Å². The van der Waals surface area contributed by atoms with Gasteiger partial charge in [-0.15, -0.1) is 0 Å². The van der Waals surface area contributed by atoms with Crippen molar-refractivity contribution in [2.45, 2.75) is 19.5 Å². The number of benzene rings is 3. The molecule has 1 aliphatic rings. The number of nitrogens with zero attached hydrogens (tertiary/aromatic N) is 1. The number of rotatable bonds is 6. The zero-order valence-electron chi connectivity index (χ0n) is 19.1. The van der Waals surface area contributed by atoms with Crippen molar-refractivity contribution in [1.82, 2.24) is 4.90 Å². The molecule has 35 heavy (non-hydrogen) atoms. The molecule has 1 atom stereocenters. The lowest BCUT2D eigenvalue weighted by Crippen LogP contribution is -2.29. The van der Waals surface area contributed by atoms with Gasteiger partial charge in [0.05, 0.1) is 30.7 Å². The zero-order valence-corrected chi connectivity index (χ0v) is 19.1. The van der Waals surface area contributed by atoms with Crippen LogP contribution in [-0.4, -0.2) is 29.6 Å². The largest absolute Gasteiger partial charge is 0.504 e. The summed E-state index contributed by atoms with van der Waals surface area (Å²) < 4.78 is 30.6. The quantitative estimate of drug-likeness (QED) is 0.431. The minimum atomic E-state index is -0.830. The number of aromatic hydroxyl groups is 1. The third-order valence-electron chi connectivity index (χ3n) is 6.04. The minimum absolute atomic E-state index is 0.0525. The Morgan fingerprint density at radius 3 is 2.54 bits per heavy atom. The van der Waals surface area contributed by atoms with E-state index in [1.807, 2.05) is 12.1 Å². The van der Waals surface area contributed by atoms with E-state index in [-0.39, 0.29) is 40.3 Å². The molecule has 0 fully saturated rings. The van der Waals surface area contributed by atoms with Gasteiger partial charge in [0.15, 0.2) is 16.9 Å². The second-order valence-electron chi connectivity index (χ2n) is 8.16. The van der Waals surface area contributed by atoms with E-state index in [2.05, 4.69) is 0 Å². The standard InChI is InChI=1S/C27H22FNO6/c1-3-34-22-12-16(6-10-20(22)30)24-23-25(31)19-13-17(28)7-11-21(19)35-26(23)27(32)29(24)14-15-4-8-18(33-2)9-5-15/h4-13,24,30H,3,14H2,1-2H3/t24-/m1/s1. The highest BCUT2D eigenvalue weighted by molar-refractivity contribution is 5.99. The van der Waals surface area contributed by atoms with Gasteiger partial charge in [0, 0.05) is 6.54 Å². The Kier molecular flexibility index (Phi) is 5.64. The third-order valence-corrected chi connectivity index (χ3v) is 6.04. The van der Waals surface area contributed by atoms with Crippen molar-refractivity contribution in [3.8, 4) is 17.2 Å². The molecule has 3 aromatic carbocycles. The molecule has 0 bridgehead atoms. The van der Waals surface area contributed by atoms with Crippen molar-refractivity contribution in [3.05, 3.63) is 99.2 Å². The van der Waals surface area contributed by atoms with E-state index in [1.165, 1.54) is 23.1 Å². The summed E-state index contributed by atoms with van der Waals surface area (Å²) in [5, 5.41) is 10.2. The van der Waals surface area contributed by atoms with Crippen LogP contribution < -0.4 is 14.9 Å². The Morgan fingerprint density at radius 1 is 1.06 bits per heavy atom. The topological polar surface area (TPSA) is 89.2 Å². The zero-order chi connectivity index (χ0) is 24.7. The molecule has 0 unspecified atom stereocenters. The van der Waals surface area contributed by atoms with Crippen LogP contribution >= 0.6 is 0 Å². The molecular formula is C27H22FNO6. The van der Waals surface area contributed by atoms with Crippen LogP contribution in [0.5, 0.6) is 17.2 Å². The van der Waals surface area contributed by atoms with E-state index in [9.17, 15) is 19.1 Å². The molecule has 178 valence electrons. The highest BCUT2D eigenvalue weighted by Crippen LogP contribution is 2.41. The van der Waals surface area contributed by atoms with Crippen molar-refractivity contribution < 1.29 is 28.2 Å². The Labute approximate surface area is 199 Å². The molecule has 0 saturated carbocycles. The highest BCUT2D eigenvalue weighted by atomic mass is 19.1. The Morgan fingerprint density at radius 2 is 1.83 bits per heavy atom. The number of fused-ring (bicyclic) bond motifs is 2. The second-order valence-corrected chi connectivity index (χ2v) is 8.16. The van der Waals surface area contributed by atoms with Gasteiger partial charge in [-0.2, -0.15) is 0 Å². The highest BCUT2D eigenvalue weighted by Gasteiger charge is 2.43. The van der Waals surface area contributed by atoms with Gasteiger partial charge >= 0.3 is 0 Å². The number of halogens is 1. The van der Waals surface area contributed by atoms with Crippen LogP contribution in [0.15, 0.2) is 69.9 Å². The van der Waals surface area contributed by atoms with Gasteiger partial charge < -0.3 is 23.9 Å². The lowest BCUT2D eigenvalue weighted by atomic mass is 9.97. The molecule has 0 radical (unpaired) electrons. The van der Waals surface area contributed by atoms with E-state index in [4.69, 9.17) is 13.9 Å².